The van der Waals surface area contributed by atoms with Gasteiger partial charge in [-0.2, -0.15) is 0 Å². The van der Waals surface area contributed by atoms with Gasteiger partial charge in [0.1, 0.15) is 0 Å². The molecule has 0 aromatic carbocycles. The Balaban J connectivity index is 1.42. The Morgan fingerprint density at radius 1 is 1.06 bits per heavy atom. The summed E-state index contributed by atoms with van der Waals surface area (Å²) in [6.45, 7) is 14.4. The number of fused-ring (bicyclic) bond motifs is 5. The number of hydrogen-bond acceptors (Lipinski definition) is 2. The molecule has 1 unspecified atom stereocenters. The summed E-state index contributed by atoms with van der Waals surface area (Å²) in [7, 11) is 0. The molecule has 0 aromatic rings. The van der Waals surface area contributed by atoms with Gasteiger partial charge in [-0.25, -0.2) is 0 Å². The molecular formula is C31H52O3. The molecule has 3 heteroatoms. The zero-order chi connectivity index (χ0) is 24.7. The zero-order valence-corrected chi connectivity index (χ0v) is 22.9. The molecular weight excluding hydrogens is 420 g/mol. The molecule has 4 rings (SSSR count). The summed E-state index contributed by atoms with van der Waals surface area (Å²) in [5.41, 5.74) is 2.51. The van der Waals surface area contributed by atoms with E-state index in [-0.39, 0.29) is 18.6 Å². The van der Waals surface area contributed by atoms with Gasteiger partial charge < -0.3 is 9.84 Å². The van der Waals surface area contributed by atoms with Crippen molar-refractivity contribution in [1.82, 2.24) is 0 Å². The van der Waals surface area contributed by atoms with E-state index in [1.54, 1.807) is 5.57 Å². The number of carboxylic acid groups (broad SMARTS) is 1. The van der Waals surface area contributed by atoms with Gasteiger partial charge in [-0.1, -0.05) is 65.5 Å². The third kappa shape index (κ3) is 5.02. The Kier molecular flexibility index (Phi) is 7.92. The van der Waals surface area contributed by atoms with Crippen molar-refractivity contribution < 1.29 is 14.6 Å². The smallest absolute Gasteiger partial charge is 0.305 e. The van der Waals surface area contributed by atoms with E-state index in [4.69, 9.17) is 9.84 Å². The van der Waals surface area contributed by atoms with Crippen molar-refractivity contribution in [2.24, 2.45) is 46.3 Å². The minimum atomic E-state index is -0.762. The Hall–Kier alpha value is -0.830. The average Bonchev–Trinajstić information content (AvgIpc) is 3.10. The molecule has 0 aromatic heterocycles. The van der Waals surface area contributed by atoms with Crippen molar-refractivity contribution in [2.45, 2.75) is 131 Å². The standard InChI is InChI=1S/C31H52O3/c1-20(2)8-7-9-21(3)26-12-13-27-25-11-10-23-19-24(34-22(4)18-29(32)33)14-16-30(23,5)28(25)15-17-31(26,27)6/h10,20-22,24-28H,7-9,11-19H2,1-6H3,(H,32,33)/t21-,22?,24+,25+,26-,27+,28+,30+,31-/m1/s1. The molecule has 0 spiro atoms. The maximum Gasteiger partial charge on any atom is 0.305 e. The van der Waals surface area contributed by atoms with Crippen LogP contribution in [0.5, 0.6) is 0 Å². The summed E-state index contributed by atoms with van der Waals surface area (Å²) >= 11 is 0. The van der Waals surface area contributed by atoms with Crippen LogP contribution in [0.4, 0.5) is 0 Å². The second-order valence-electron chi connectivity index (χ2n) is 13.7. The lowest BCUT2D eigenvalue weighted by molar-refractivity contribution is -0.141. The Labute approximate surface area is 209 Å². The molecule has 0 heterocycles. The molecule has 3 fully saturated rings. The van der Waals surface area contributed by atoms with Gasteiger partial charge >= 0.3 is 5.97 Å². The van der Waals surface area contributed by atoms with Gasteiger partial charge in [-0.15, -0.1) is 0 Å². The number of allylic oxidation sites excluding steroid dienone is 1. The van der Waals surface area contributed by atoms with E-state index >= 15 is 0 Å². The van der Waals surface area contributed by atoms with Crippen molar-refractivity contribution >= 4 is 5.97 Å². The lowest BCUT2D eigenvalue weighted by Crippen LogP contribution is -2.51. The number of aliphatic carboxylic acids is 1. The first-order valence-corrected chi connectivity index (χ1v) is 14.6. The quantitative estimate of drug-likeness (QED) is 0.343. The van der Waals surface area contributed by atoms with Crippen LogP contribution in [0.3, 0.4) is 0 Å². The van der Waals surface area contributed by atoms with Crippen LogP contribution in [0.15, 0.2) is 11.6 Å². The Bertz CT molecular complexity index is 756. The molecule has 4 aliphatic rings. The minimum absolute atomic E-state index is 0.106. The summed E-state index contributed by atoms with van der Waals surface area (Å²) in [5, 5.41) is 9.09. The molecule has 3 nitrogen and oxygen atoms in total. The van der Waals surface area contributed by atoms with Gasteiger partial charge in [-0.05, 0) is 105 Å². The fraction of sp³-hybridized carbons (Fsp3) is 0.903. The van der Waals surface area contributed by atoms with Gasteiger partial charge in [0.05, 0.1) is 18.6 Å². The summed E-state index contributed by atoms with van der Waals surface area (Å²) in [5.74, 6) is 4.46. The highest BCUT2D eigenvalue weighted by Gasteiger charge is 2.59. The van der Waals surface area contributed by atoms with Crippen molar-refractivity contribution in [2.75, 3.05) is 0 Å². The molecule has 4 aliphatic carbocycles. The first-order valence-electron chi connectivity index (χ1n) is 14.6. The monoisotopic (exact) mass is 472 g/mol. The van der Waals surface area contributed by atoms with Crippen LogP contribution in [0, 0.1) is 46.3 Å². The van der Waals surface area contributed by atoms with E-state index in [9.17, 15) is 4.79 Å². The van der Waals surface area contributed by atoms with Crippen LogP contribution in [-0.2, 0) is 9.53 Å². The Morgan fingerprint density at radius 3 is 2.53 bits per heavy atom. The predicted octanol–water partition coefficient (Wildman–Crippen LogP) is 8.28. The van der Waals surface area contributed by atoms with E-state index in [1.807, 2.05) is 6.92 Å². The van der Waals surface area contributed by atoms with Gasteiger partial charge in [-0.3, -0.25) is 4.79 Å². The summed E-state index contributed by atoms with van der Waals surface area (Å²) < 4.78 is 6.18. The summed E-state index contributed by atoms with van der Waals surface area (Å²) in [6.07, 6.45) is 17.2. The second-order valence-corrected chi connectivity index (χ2v) is 13.7. The maximum atomic E-state index is 11.1. The van der Waals surface area contributed by atoms with E-state index in [2.05, 4.69) is 40.7 Å². The second kappa shape index (κ2) is 10.3. The van der Waals surface area contributed by atoms with Gasteiger partial charge in [0.15, 0.2) is 0 Å². The maximum absolute atomic E-state index is 11.1. The highest BCUT2D eigenvalue weighted by molar-refractivity contribution is 5.67. The lowest BCUT2D eigenvalue weighted by atomic mass is 9.47. The normalized spacial score (nSPS) is 41.3. The molecule has 194 valence electrons. The number of rotatable bonds is 9. The molecule has 0 amide bonds. The molecule has 0 saturated heterocycles. The third-order valence-electron chi connectivity index (χ3n) is 11.1. The van der Waals surface area contributed by atoms with E-state index in [0.717, 1.165) is 48.3 Å². The highest BCUT2D eigenvalue weighted by atomic mass is 16.5. The predicted molar refractivity (Wildman–Crippen MR) is 140 cm³/mol. The fourth-order valence-electron chi connectivity index (χ4n) is 9.39. The van der Waals surface area contributed by atoms with Crippen LogP contribution in [0.1, 0.15) is 119 Å². The lowest BCUT2D eigenvalue weighted by Gasteiger charge is -2.58. The van der Waals surface area contributed by atoms with Crippen molar-refractivity contribution in [3.8, 4) is 0 Å². The third-order valence-corrected chi connectivity index (χ3v) is 11.1. The van der Waals surface area contributed by atoms with Crippen LogP contribution in [0.2, 0.25) is 0 Å². The molecule has 0 radical (unpaired) electrons. The fourth-order valence-corrected chi connectivity index (χ4v) is 9.39. The van der Waals surface area contributed by atoms with E-state index in [0.29, 0.717) is 10.8 Å². The number of carboxylic acids is 1. The van der Waals surface area contributed by atoms with Crippen LogP contribution in [0.25, 0.3) is 0 Å². The topological polar surface area (TPSA) is 46.5 Å². The van der Waals surface area contributed by atoms with Crippen LogP contribution < -0.4 is 0 Å². The highest BCUT2D eigenvalue weighted by Crippen LogP contribution is 2.67. The molecule has 3 saturated carbocycles. The minimum Gasteiger partial charge on any atom is -0.481 e. The molecule has 1 N–H and O–H groups in total. The zero-order valence-electron chi connectivity index (χ0n) is 22.9. The first-order chi connectivity index (χ1) is 16.0. The average molecular weight is 473 g/mol. The van der Waals surface area contributed by atoms with Crippen LogP contribution >= 0.6 is 0 Å². The van der Waals surface area contributed by atoms with Gasteiger partial charge in [0.25, 0.3) is 0 Å². The molecule has 0 aliphatic heterocycles. The summed E-state index contributed by atoms with van der Waals surface area (Å²) in [4.78, 5) is 11.1. The van der Waals surface area contributed by atoms with Crippen molar-refractivity contribution in [3.63, 3.8) is 0 Å². The van der Waals surface area contributed by atoms with Gasteiger partial charge in [0, 0.05) is 0 Å². The van der Waals surface area contributed by atoms with Crippen molar-refractivity contribution in [3.05, 3.63) is 11.6 Å². The number of ether oxygens (including phenoxy) is 1. The summed E-state index contributed by atoms with van der Waals surface area (Å²) in [6, 6.07) is 0. The van der Waals surface area contributed by atoms with Gasteiger partial charge in [0.2, 0.25) is 0 Å². The molecule has 9 atom stereocenters. The first kappa shape index (κ1) is 26.2. The van der Waals surface area contributed by atoms with Crippen LogP contribution in [-0.4, -0.2) is 23.3 Å². The number of carbonyl (C=O) groups is 1. The van der Waals surface area contributed by atoms with E-state index in [1.165, 1.54) is 57.8 Å². The largest absolute Gasteiger partial charge is 0.481 e. The number of hydrogen-bond donors (Lipinski definition) is 1. The Morgan fingerprint density at radius 2 is 1.82 bits per heavy atom. The molecule has 0 bridgehead atoms. The molecule has 34 heavy (non-hydrogen) atoms. The SMILES string of the molecule is CC(C)CCC[C@@H](C)[C@H]1CC[C@H]2[C@@H]3CC=C4C[C@@H](OC(C)CC(=O)O)CC[C@]4(C)[C@H]3CC[C@]12C. The van der Waals surface area contributed by atoms with E-state index < -0.39 is 5.97 Å². The van der Waals surface area contributed by atoms with Crippen molar-refractivity contribution in [1.29, 1.82) is 0 Å².